The van der Waals surface area contributed by atoms with Crippen molar-refractivity contribution >= 4 is 35.2 Å². The molecule has 40 heavy (non-hydrogen) atoms. The normalized spacial score (nSPS) is 19.6. The number of fused-ring (bicyclic) bond motifs is 1. The van der Waals surface area contributed by atoms with E-state index in [1.165, 1.54) is 24.9 Å². The second-order valence-corrected chi connectivity index (χ2v) is 10.4. The van der Waals surface area contributed by atoms with Gasteiger partial charge in [-0.05, 0) is 30.6 Å². The highest BCUT2D eigenvalue weighted by molar-refractivity contribution is 6.41. The first-order chi connectivity index (χ1) is 18.9. The minimum absolute atomic E-state index is 0.153. The molecule has 1 amide bonds. The van der Waals surface area contributed by atoms with Gasteiger partial charge in [-0.25, -0.2) is 13.8 Å². The van der Waals surface area contributed by atoms with Crippen LogP contribution in [0.1, 0.15) is 32.6 Å². The average Bonchev–Trinajstić information content (AvgIpc) is 3.08. The van der Waals surface area contributed by atoms with Gasteiger partial charge in [-0.15, -0.1) is 0 Å². The van der Waals surface area contributed by atoms with E-state index in [0.29, 0.717) is 29.4 Å². The van der Waals surface area contributed by atoms with E-state index in [1.807, 2.05) is 13.0 Å². The number of hydrogen-bond donors (Lipinski definition) is 2. The van der Waals surface area contributed by atoms with Gasteiger partial charge in [0.2, 0.25) is 5.91 Å². The molecule has 2 aromatic rings. The second-order valence-electron chi connectivity index (χ2n) is 9.65. The molecule has 2 N–H and O–H groups in total. The van der Waals surface area contributed by atoms with Gasteiger partial charge in [-0.2, -0.15) is 0 Å². The van der Waals surface area contributed by atoms with Crippen molar-refractivity contribution in [3.05, 3.63) is 67.3 Å². The number of carbonyl (C=O) groups excluding carboxylic acids is 1. The Hall–Kier alpha value is -3.37. The van der Waals surface area contributed by atoms with Gasteiger partial charge < -0.3 is 20.1 Å². The Kier molecular flexibility index (Phi) is 8.60. The number of aromatic nitrogens is 1. The highest BCUT2D eigenvalue weighted by atomic mass is 35.5. The summed E-state index contributed by atoms with van der Waals surface area (Å²) < 4.78 is 40.9. The summed E-state index contributed by atoms with van der Waals surface area (Å²) in [5.74, 6) is -2.53. The smallest absolute Gasteiger partial charge is 0.259 e. The van der Waals surface area contributed by atoms with E-state index in [2.05, 4.69) is 17.2 Å². The van der Waals surface area contributed by atoms with Gasteiger partial charge in [0, 0.05) is 36.7 Å². The molecule has 8 nitrogen and oxygen atoms in total. The molecule has 2 unspecified atom stereocenters. The second kappa shape index (κ2) is 11.6. The van der Waals surface area contributed by atoms with Gasteiger partial charge >= 0.3 is 0 Å². The summed E-state index contributed by atoms with van der Waals surface area (Å²) in [6.07, 6.45) is 3.00. The third kappa shape index (κ3) is 5.60. The lowest BCUT2D eigenvalue weighted by Gasteiger charge is -2.23. The Balaban J connectivity index is 1.84. The molecule has 1 aliphatic carbocycles. The lowest BCUT2D eigenvalue weighted by atomic mass is 10.0. The van der Waals surface area contributed by atoms with Crippen molar-refractivity contribution < 1.29 is 23.0 Å². The highest BCUT2D eigenvalue weighted by Crippen LogP contribution is 2.44. The molecule has 2 heterocycles. The molecule has 1 aromatic heterocycles. The number of amides is 1. The minimum Gasteiger partial charge on any atom is -0.495 e. The van der Waals surface area contributed by atoms with Crippen LogP contribution in [0, 0.1) is 0 Å². The standard InChI is InChI=1S/C28H30Cl2F2N4O4/c1-6-14-8-9-15-10-16(22-23(29)19(39-4)11-20(40-5)24(22)30)27(38)36(3)26(15)35-25(14)34-18-13-28(31,32)12-17(18)33-21(37)7-2/h7,9-11,17-18,34H,2,6,8,12-13H2,1,3-5H3,(H,33,37). The summed E-state index contributed by atoms with van der Waals surface area (Å²) in [5, 5.41) is 6.68. The van der Waals surface area contributed by atoms with Crippen molar-refractivity contribution in [2.45, 2.75) is 50.6 Å². The highest BCUT2D eigenvalue weighted by Gasteiger charge is 2.47. The Morgan fingerprint density at radius 3 is 2.40 bits per heavy atom. The number of methoxy groups -OCH3 is 2. The minimum atomic E-state index is -2.96. The largest absolute Gasteiger partial charge is 0.495 e. The van der Waals surface area contributed by atoms with Gasteiger partial charge in [0.25, 0.3) is 11.5 Å². The van der Waals surface area contributed by atoms with Crippen LogP contribution in [0.5, 0.6) is 11.5 Å². The van der Waals surface area contributed by atoms with Crippen LogP contribution >= 0.6 is 23.2 Å². The Morgan fingerprint density at radius 2 is 1.82 bits per heavy atom. The predicted octanol–water partition coefficient (Wildman–Crippen LogP) is 3.86. The van der Waals surface area contributed by atoms with E-state index in [9.17, 15) is 18.4 Å². The third-order valence-corrected chi connectivity index (χ3v) is 7.91. The quantitative estimate of drug-likeness (QED) is 0.453. The fraction of sp³-hybridized carbons (Fsp3) is 0.393. The zero-order valence-corrected chi connectivity index (χ0v) is 24.1. The van der Waals surface area contributed by atoms with Crippen LogP contribution in [0.3, 0.4) is 0 Å². The first-order valence-electron chi connectivity index (χ1n) is 12.6. The molecule has 1 fully saturated rings. The molecule has 0 saturated heterocycles. The summed E-state index contributed by atoms with van der Waals surface area (Å²) in [4.78, 5) is 30.3. The van der Waals surface area contributed by atoms with Crippen LogP contribution in [0.4, 0.5) is 8.78 Å². The lowest BCUT2D eigenvalue weighted by Crippen LogP contribution is -2.47. The maximum atomic E-state index is 14.4. The van der Waals surface area contributed by atoms with Gasteiger partial charge in [0.05, 0.1) is 41.9 Å². The SMILES string of the molecule is C=CC(=O)NC1CC(F)(F)CC1NC1=C(CC)CC=c2cc(-c3c(Cl)c(OC)cc(OC)c3Cl)c(=O)n(C)c2=N1. The maximum Gasteiger partial charge on any atom is 0.259 e. The third-order valence-electron chi connectivity index (χ3n) is 7.16. The number of halogens is 4. The van der Waals surface area contributed by atoms with E-state index < -0.39 is 42.3 Å². The molecule has 0 radical (unpaired) electrons. The Bertz CT molecular complexity index is 1560. The Morgan fingerprint density at radius 1 is 1.20 bits per heavy atom. The van der Waals surface area contributed by atoms with Crippen molar-refractivity contribution in [2.24, 2.45) is 12.0 Å². The monoisotopic (exact) mass is 594 g/mol. The predicted molar refractivity (Wildman–Crippen MR) is 151 cm³/mol. The number of hydrogen-bond acceptors (Lipinski definition) is 6. The number of ether oxygens (including phenoxy) is 2. The fourth-order valence-corrected chi connectivity index (χ4v) is 5.74. The maximum absolute atomic E-state index is 14.4. The van der Waals surface area contributed by atoms with Crippen LogP contribution in [0.2, 0.25) is 10.0 Å². The number of pyridine rings is 1. The van der Waals surface area contributed by atoms with Crippen LogP contribution in [0.15, 0.2) is 46.0 Å². The molecule has 1 aromatic carbocycles. The van der Waals surface area contributed by atoms with E-state index in [4.69, 9.17) is 37.7 Å². The number of rotatable bonds is 8. The number of carbonyl (C=O) groups is 1. The summed E-state index contributed by atoms with van der Waals surface area (Å²) in [6, 6.07) is 1.58. The summed E-state index contributed by atoms with van der Waals surface area (Å²) in [6.45, 7) is 5.34. The van der Waals surface area contributed by atoms with E-state index in [-0.39, 0.29) is 32.7 Å². The summed E-state index contributed by atoms with van der Waals surface area (Å²) >= 11 is 13.2. The molecular formula is C28H30Cl2F2N4O4. The van der Waals surface area contributed by atoms with E-state index in [1.54, 1.807) is 13.1 Å². The van der Waals surface area contributed by atoms with Gasteiger partial charge in [0.15, 0.2) is 0 Å². The van der Waals surface area contributed by atoms with Crippen molar-refractivity contribution in [1.82, 2.24) is 15.2 Å². The van der Waals surface area contributed by atoms with Gasteiger partial charge in [0.1, 0.15) is 22.8 Å². The molecule has 12 heteroatoms. The van der Waals surface area contributed by atoms with Crippen molar-refractivity contribution in [1.29, 1.82) is 0 Å². The molecule has 0 bridgehead atoms. The van der Waals surface area contributed by atoms with Gasteiger partial charge in [-0.1, -0.05) is 42.8 Å². The topological polar surface area (TPSA) is 94.0 Å². The molecule has 214 valence electrons. The van der Waals surface area contributed by atoms with Crippen molar-refractivity contribution in [3.63, 3.8) is 0 Å². The number of nitrogens with one attached hydrogen (secondary N) is 2. The van der Waals surface area contributed by atoms with Gasteiger partial charge in [-0.3, -0.25) is 14.2 Å². The Labute approximate surface area is 240 Å². The zero-order chi connectivity index (χ0) is 29.4. The number of benzene rings is 1. The average molecular weight is 595 g/mol. The van der Waals surface area contributed by atoms with E-state index in [0.717, 1.165) is 11.6 Å². The van der Waals surface area contributed by atoms with Crippen LogP contribution < -0.4 is 36.4 Å². The fourth-order valence-electron chi connectivity index (χ4n) is 5.04. The van der Waals surface area contributed by atoms with Crippen molar-refractivity contribution in [3.8, 4) is 22.6 Å². The molecular weight excluding hydrogens is 565 g/mol. The first kappa shape index (κ1) is 29.6. The molecule has 0 spiro atoms. The molecule has 2 aliphatic rings. The molecule has 4 rings (SSSR count). The molecule has 2 atom stereocenters. The van der Waals surface area contributed by atoms with Crippen LogP contribution in [0.25, 0.3) is 17.2 Å². The zero-order valence-electron chi connectivity index (χ0n) is 22.5. The molecule has 1 saturated carbocycles. The number of allylic oxidation sites excluding steroid dienone is 1. The van der Waals surface area contributed by atoms with E-state index >= 15 is 0 Å². The van der Waals surface area contributed by atoms with Crippen LogP contribution in [-0.4, -0.2) is 42.7 Å². The lowest BCUT2D eigenvalue weighted by molar-refractivity contribution is -0.117. The first-order valence-corrected chi connectivity index (χ1v) is 13.4. The number of alkyl halides is 2. The summed E-state index contributed by atoms with van der Waals surface area (Å²) in [7, 11) is 4.45. The van der Waals surface area contributed by atoms with Crippen molar-refractivity contribution in [2.75, 3.05) is 14.2 Å². The van der Waals surface area contributed by atoms with Crippen LogP contribution in [-0.2, 0) is 11.8 Å². The summed E-state index contributed by atoms with van der Waals surface area (Å²) in [5.41, 5.74) is 1.23. The molecule has 1 aliphatic heterocycles. The number of nitrogens with zero attached hydrogens (tertiary/aromatic N) is 2.